The van der Waals surface area contributed by atoms with E-state index >= 15 is 0 Å². The monoisotopic (exact) mass is 222 g/mol. The first-order valence-corrected chi connectivity index (χ1v) is 5.45. The molecule has 5 nitrogen and oxygen atoms in total. The number of pyridine rings is 1. The van der Waals surface area contributed by atoms with E-state index in [1.165, 1.54) is 0 Å². The van der Waals surface area contributed by atoms with Gasteiger partial charge in [-0.1, -0.05) is 19.4 Å². The molecule has 88 valence electrons. The number of aromatic nitrogens is 1. The zero-order chi connectivity index (χ0) is 11.8. The highest BCUT2D eigenvalue weighted by atomic mass is 16.2. The van der Waals surface area contributed by atoms with E-state index in [1.54, 1.807) is 6.07 Å². The van der Waals surface area contributed by atoms with Crippen molar-refractivity contribution in [3.05, 3.63) is 23.9 Å². The van der Waals surface area contributed by atoms with Crippen LogP contribution in [0.5, 0.6) is 0 Å². The molecule has 0 radical (unpaired) electrons. The third kappa shape index (κ3) is 4.63. The fraction of sp³-hybridized carbons (Fsp3) is 0.455. The summed E-state index contributed by atoms with van der Waals surface area (Å²) in [6.07, 6.45) is 2.06. The van der Waals surface area contributed by atoms with Crippen LogP contribution < -0.4 is 16.4 Å². The maximum absolute atomic E-state index is 11.3. The Bertz CT molecular complexity index is 341. The molecule has 0 saturated carbocycles. The second-order valence-corrected chi connectivity index (χ2v) is 3.52. The summed E-state index contributed by atoms with van der Waals surface area (Å²) < 4.78 is 0. The van der Waals surface area contributed by atoms with E-state index in [2.05, 4.69) is 22.5 Å². The number of rotatable bonds is 5. The molecule has 1 heterocycles. The zero-order valence-corrected chi connectivity index (χ0v) is 9.49. The number of urea groups is 1. The molecule has 0 atom stereocenters. The Balaban J connectivity index is 2.26. The highest BCUT2D eigenvalue weighted by molar-refractivity contribution is 5.73. The van der Waals surface area contributed by atoms with Crippen molar-refractivity contribution >= 4 is 11.8 Å². The summed E-state index contributed by atoms with van der Waals surface area (Å²) in [5.74, 6) is 0.464. The lowest BCUT2D eigenvalue weighted by Crippen LogP contribution is -2.35. The topological polar surface area (TPSA) is 80.0 Å². The lowest BCUT2D eigenvalue weighted by Gasteiger charge is -2.06. The van der Waals surface area contributed by atoms with Crippen LogP contribution in [0.25, 0.3) is 0 Å². The van der Waals surface area contributed by atoms with Crippen molar-refractivity contribution in [2.24, 2.45) is 0 Å². The second-order valence-electron chi connectivity index (χ2n) is 3.52. The van der Waals surface area contributed by atoms with Gasteiger partial charge in [0, 0.05) is 6.54 Å². The van der Waals surface area contributed by atoms with Gasteiger partial charge in [0.1, 0.15) is 5.82 Å². The number of nitrogens with zero attached hydrogens (tertiary/aromatic N) is 1. The smallest absolute Gasteiger partial charge is 0.315 e. The summed E-state index contributed by atoms with van der Waals surface area (Å²) in [5.41, 5.74) is 6.28. The van der Waals surface area contributed by atoms with Crippen LogP contribution in [0.1, 0.15) is 25.5 Å². The van der Waals surface area contributed by atoms with Crippen LogP contribution in [0.2, 0.25) is 0 Å². The van der Waals surface area contributed by atoms with E-state index in [-0.39, 0.29) is 6.03 Å². The van der Waals surface area contributed by atoms with Gasteiger partial charge in [-0.2, -0.15) is 0 Å². The van der Waals surface area contributed by atoms with Gasteiger partial charge in [0.05, 0.1) is 12.2 Å². The highest BCUT2D eigenvalue weighted by Crippen LogP contribution is 1.99. The van der Waals surface area contributed by atoms with Crippen LogP contribution >= 0.6 is 0 Å². The number of unbranched alkanes of at least 4 members (excludes halogenated alkanes) is 1. The molecule has 0 fully saturated rings. The maximum Gasteiger partial charge on any atom is 0.315 e. The molecule has 16 heavy (non-hydrogen) atoms. The van der Waals surface area contributed by atoms with Crippen molar-refractivity contribution in [1.82, 2.24) is 15.6 Å². The molecule has 4 N–H and O–H groups in total. The van der Waals surface area contributed by atoms with Gasteiger partial charge in [-0.05, 0) is 18.6 Å². The SMILES string of the molecule is CCCCNC(=O)NCc1cccc(N)n1. The molecule has 5 heteroatoms. The number of carbonyl (C=O) groups is 1. The molecule has 1 aromatic rings. The number of anilines is 1. The predicted molar refractivity (Wildman–Crippen MR) is 63.8 cm³/mol. The van der Waals surface area contributed by atoms with Crippen LogP contribution in [0, 0.1) is 0 Å². The number of carbonyl (C=O) groups excluding carboxylic acids is 1. The van der Waals surface area contributed by atoms with E-state index in [4.69, 9.17) is 5.73 Å². The Morgan fingerprint density at radius 1 is 1.44 bits per heavy atom. The van der Waals surface area contributed by atoms with Crippen molar-refractivity contribution < 1.29 is 4.79 Å². The summed E-state index contributed by atoms with van der Waals surface area (Å²) in [7, 11) is 0. The summed E-state index contributed by atoms with van der Waals surface area (Å²) >= 11 is 0. The summed E-state index contributed by atoms with van der Waals surface area (Å²) in [6, 6.07) is 5.18. The third-order valence-electron chi connectivity index (χ3n) is 2.07. The molecule has 0 aliphatic carbocycles. The Hall–Kier alpha value is -1.78. The molecule has 2 amide bonds. The molecule has 0 aromatic carbocycles. The third-order valence-corrected chi connectivity index (χ3v) is 2.07. The van der Waals surface area contributed by atoms with E-state index < -0.39 is 0 Å². The first-order valence-electron chi connectivity index (χ1n) is 5.45. The number of nitrogens with one attached hydrogen (secondary N) is 2. The van der Waals surface area contributed by atoms with E-state index in [9.17, 15) is 4.79 Å². The Kier molecular flexibility index (Phi) is 5.11. The quantitative estimate of drug-likeness (QED) is 0.656. The minimum atomic E-state index is -0.169. The van der Waals surface area contributed by atoms with Gasteiger partial charge < -0.3 is 16.4 Å². The van der Waals surface area contributed by atoms with Crippen molar-refractivity contribution in [2.75, 3.05) is 12.3 Å². The molecular formula is C11H18N4O. The minimum Gasteiger partial charge on any atom is -0.384 e. The minimum absolute atomic E-state index is 0.169. The largest absolute Gasteiger partial charge is 0.384 e. The average molecular weight is 222 g/mol. The van der Waals surface area contributed by atoms with Crippen LogP contribution in [-0.2, 0) is 6.54 Å². The van der Waals surface area contributed by atoms with Gasteiger partial charge in [-0.3, -0.25) is 0 Å². The summed E-state index contributed by atoms with van der Waals surface area (Å²) in [6.45, 7) is 3.17. The molecule has 1 rings (SSSR count). The fourth-order valence-electron chi connectivity index (χ4n) is 1.21. The average Bonchev–Trinajstić information content (AvgIpc) is 2.27. The van der Waals surface area contributed by atoms with Crippen molar-refractivity contribution in [3.8, 4) is 0 Å². The fourth-order valence-corrected chi connectivity index (χ4v) is 1.21. The van der Waals surface area contributed by atoms with Crippen molar-refractivity contribution in [2.45, 2.75) is 26.3 Å². The molecular weight excluding hydrogens is 204 g/mol. The normalized spacial score (nSPS) is 9.81. The van der Waals surface area contributed by atoms with Crippen LogP contribution in [0.15, 0.2) is 18.2 Å². The molecule has 0 aliphatic heterocycles. The van der Waals surface area contributed by atoms with Gasteiger partial charge in [0.2, 0.25) is 0 Å². The number of nitrogens with two attached hydrogens (primary N) is 1. The second kappa shape index (κ2) is 6.66. The number of nitrogen functional groups attached to an aromatic ring is 1. The van der Waals surface area contributed by atoms with E-state index in [0.717, 1.165) is 18.5 Å². The Morgan fingerprint density at radius 2 is 2.25 bits per heavy atom. The first kappa shape index (κ1) is 12.3. The highest BCUT2D eigenvalue weighted by Gasteiger charge is 2.00. The number of hydrogen-bond acceptors (Lipinski definition) is 3. The Labute approximate surface area is 95.4 Å². The van der Waals surface area contributed by atoms with Crippen molar-refractivity contribution in [3.63, 3.8) is 0 Å². The lowest BCUT2D eigenvalue weighted by molar-refractivity contribution is 0.240. The van der Waals surface area contributed by atoms with Gasteiger partial charge in [-0.25, -0.2) is 9.78 Å². The van der Waals surface area contributed by atoms with Gasteiger partial charge in [0.25, 0.3) is 0 Å². The molecule has 0 spiro atoms. The van der Waals surface area contributed by atoms with Gasteiger partial charge in [0.15, 0.2) is 0 Å². The molecule has 1 aromatic heterocycles. The van der Waals surface area contributed by atoms with Gasteiger partial charge >= 0.3 is 6.03 Å². The molecule has 0 bridgehead atoms. The molecule has 0 saturated heterocycles. The van der Waals surface area contributed by atoms with Crippen molar-refractivity contribution in [1.29, 1.82) is 0 Å². The van der Waals surface area contributed by atoms with E-state index in [0.29, 0.717) is 18.9 Å². The summed E-state index contributed by atoms with van der Waals surface area (Å²) in [4.78, 5) is 15.4. The molecule has 0 unspecified atom stereocenters. The zero-order valence-electron chi connectivity index (χ0n) is 9.49. The number of hydrogen-bond donors (Lipinski definition) is 3. The standard InChI is InChI=1S/C11H18N4O/c1-2-3-7-13-11(16)14-8-9-5-4-6-10(12)15-9/h4-6H,2-3,7-8H2,1H3,(H2,12,15)(H2,13,14,16). The van der Waals surface area contributed by atoms with Crippen LogP contribution in [-0.4, -0.2) is 17.6 Å². The first-order chi connectivity index (χ1) is 7.72. The summed E-state index contributed by atoms with van der Waals surface area (Å²) in [5, 5.41) is 5.48. The lowest BCUT2D eigenvalue weighted by atomic mass is 10.3. The number of amides is 2. The van der Waals surface area contributed by atoms with Crippen LogP contribution in [0.4, 0.5) is 10.6 Å². The maximum atomic E-state index is 11.3. The van der Waals surface area contributed by atoms with E-state index in [1.807, 2.05) is 12.1 Å². The Morgan fingerprint density at radius 3 is 2.94 bits per heavy atom. The van der Waals surface area contributed by atoms with Crippen LogP contribution in [0.3, 0.4) is 0 Å². The predicted octanol–water partition coefficient (Wildman–Crippen LogP) is 1.26. The molecule has 0 aliphatic rings. The van der Waals surface area contributed by atoms with Gasteiger partial charge in [-0.15, -0.1) is 0 Å².